The molecule has 0 aliphatic rings. The molecule has 0 radical (unpaired) electrons. The third-order valence-electron chi connectivity index (χ3n) is 2.00. The fraction of sp³-hybridized carbons (Fsp3) is 0.400. The molecule has 72 valence electrons. The molecule has 1 atom stereocenters. The number of ether oxygens (including phenoxy) is 1. The predicted octanol–water partition coefficient (Wildman–Crippen LogP) is 2.94. The summed E-state index contributed by atoms with van der Waals surface area (Å²) in [5.74, 6) is 1.25. The van der Waals surface area contributed by atoms with Gasteiger partial charge >= 0.3 is 0 Å². The van der Waals surface area contributed by atoms with Crippen molar-refractivity contribution in [1.82, 2.24) is 0 Å². The first-order chi connectivity index (χ1) is 6.19. The number of alkyl halides is 1. The smallest absolute Gasteiger partial charge is 0.160 e. The lowest BCUT2D eigenvalue weighted by atomic mass is 10.0. The molecular weight excluding hydrogens is 279 g/mol. The minimum atomic E-state index is 0.201. The lowest BCUT2D eigenvalue weighted by Gasteiger charge is -2.10. The maximum Gasteiger partial charge on any atom is 0.160 e. The molecule has 0 saturated carbocycles. The van der Waals surface area contributed by atoms with Crippen LogP contribution in [0.2, 0.25) is 0 Å². The number of hydrogen-bond donors (Lipinski definition) is 1. The normalized spacial score (nSPS) is 12.5. The van der Waals surface area contributed by atoms with Crippen LogP contribution in [0.15, 0.2) is 18.2 Å². The van der Waals surface area contributed by atoms with Crippen LogP contribution in [0.4, 0.5) is 0 Å². The van der Waals surface area contributed by atoms with Gasteiger partial charge in [-0.15, -0.1) is 0 Å². The van der Waals surface area contributed by atoms with Gasteiger partial charge in [0.05, 0.1) is 7.11 Å². The van der Waals surface area contributed by atoms with Crippen LogP contribution in [-0.4, -0.2) is 16.6 Å². The number of benzene rings is 1. The van der Waals surface area contributed by atoms with E-state index in [-0.39, 0.29) is 5.75 Å². The van der Waals surface area contributed by atoms with E-state index in [1.807, 2.05) is 12.1 Å². The fourth-order valence-electron chi connectivity index (χ4n) is 1.09. The predicted molar refractivity (Wildman–Crippen MR) is 62.0 cm³/mol. The second-order valence-corrected chi connectivity index (χ2v) is 3.87. The van der Waals surface area contributed by atoms with E-state index in [1.165, 1.54) is 5.56 Å². The lowest BCUT2D eigenvalue weighted by Crippen LogP contribution is -1.95. The Morgan fingerprint density at radius 3 is 2.77 bits per heavy atom. The lowest BCUT2D eigenvalue weighted by molar-refractivity contribution is 0.373. The number of phenols is 1. The summed E-state index contributed by atoms with van der Waals surface area (Å²) in [7, 11) is 1.56. The third kappa shape index (κ3) is 2.49. The van der Waals surface area contributed by atoms with Gasteiger partial charge in [-0.1, -0.05) is 35.6 Å². The van der Waals surface area contributed by atoms with E-state index in [1.54, 1.807) is 13.2 Å². The van der Waals surface area contributed by atoms with Gasteiger partial charge in [-0.25, -0.2) is 0 Å². The Morgan fingerprint density at radius 2 is 2.23 bits per heavy atom. The molecule has 0 saturated heterocycles. The number of hydrogen-bond acceptors (Lipinski definition) is 2. The van der Waals surface area contributed by atoms with Gasteiger partial charge in [-0.2, -0.15) is 0 Å². The molecule has 3 heteroatoms. The Bertz CT molecular complexity index is 286. The van der Waals surface area contributed by atoms with Gasteiger partial charge in [0, 0.05) is 4.43 Å². The van der Waals surface area contributed by atoms with E-state index in [2.05, 4.69) is 29.5 Å². The first kappa shape index (κ1) is 10.6. The minimum Gasteiger partial charge on any atom is -0.504 e. The molecule has 1 N–H and O–H groups in total. The summed E-state index contributed by atoms with van der Waals surface area (Å²) in [4.78, 5) is 0. The number of aromatic hydroxyl groups is 1. The van der Waals surface area contributed by atoms with Gasteiger partial charge in [0.15, 0.2) is 11.5 Å². The van der Waals surface area contributed by atoms with E-state index in [9.17, 15) is 5.11 Å². The molecule has 2 nitrogen and oxygen atoms in total. The highest BCUT2D eigenvalue weighted by molar-refractivity contribution is 14.1. The Hall–Kier alpha value is -0.450. The largest absolute Gasteiger partial charge is 0.504 e. The van der Waals surface area contributed by atoms with Gasteiger partial charge in [0.1, 0.15) is 0 Å². The summed E-state index contributed by atoms with van der Waals surface area (Å²) in [6.07, 6.45) is 0. The van der Waals surface area contributed by atoms with Gasteiger partial charge in [-0.05, 0) is 23.6 Å². The maximum absolute atomic E-state index is 9.36. The van der Waals surface area contributed by atoms with Crippen LogP contribution in [0.1, 0.15) is 18.4 Å². The molecule has 0 aliphatic carbocycles. The average Bonchev–Trinajstić information content (AvgIpc) is 2.17. The van der Waals surface area contributed by atoms with Crippen LogP contribution in [-0.2, 0) is 0 Å². The molecular formula is C10H13IO2. The highest BCUT2D eigenvalue weighted by Crippen LogP contribution is 2.29. The van der Waals surface area contributed by atoms with Crippen LogP contribution in [0.3, 0.4) is 0 Å². The van der Waals surface area contributed by atoms with Crippen molar-refractivity contribution in [2.24, 2.45) is 0 Å². The van der Waals surface area contributed by atoms with E-state index < -0.39 is 0 Å². The number of methoxy groups -OCH3 is 1. The molecule has 0 spiro atoms. The highest BCUT2D eigenvalue weighted by Gasteiger charge is 2.07. The van der Waals surface area contributed by atoms with E-state index in [0.29, 0.717) is 11.7 Å². The van der Waals surface area contributed by atoms with Crippen molar-refractivity contribution in [3.63, 3.8) is 0 Å². The van der Waals surface area contributed by atoms with Crippen molar-refractivity contribution in [2.45, 2.75) is 12.8 Å². The molecule has 0 fully saturated rings. The summed E-state index contributed by atoms with van der Waals surface area (Å²) in [6, 6.07) is 5.50. The van der Waals surface area contributed by atoms with Crippen LogP contribution in [0, 0.1) is 0 Å². The molecule has 1 aromatic rings. The van der Waals surface area contributed by atoms with Crippen molar-refractivity contribution in [2.75, 3.05) is 11.5 Å². The summed E-state index contributed by atoms with van der Waals surface area (Å²) in [5, 5.41) is 9.36. The first-order valence-corrected chi connectivity index (χ1v) is 5.64. The van der Waals surface area contributed by atoms with Gasteiger partial charge in [0.2, 0.25) is 0 Å². The molecule has 1 aromatic carbocycles. The van der Waals surface area contributed by atoms with Gasteiger partial charge in [0.25, 0.3) is 0 Å². The molecule has 0 bridgehead atoms. The Morgan fingerprint density at radius 1 is 1.54 bits per heavy atom. The van der Waals surface area contributed by atoms with Crippen LogP contribution in [0.5, 0.6) is 11.5 Å². The van der Waals surface area contributed by atoms with Crippen molar-refractivity contribution in [1.29, 1.82) is 0 Å². The van der Waals surface area contributed by atoms with Crippen LogP contribution >= 0.6 is 22.6 Å². The SMILES string of the molecule is COc1cc(C(C)CI)ccc1O. The van der Waals surface area contributed by atoms with Crippen LogP contribution < -0.4 is 4.74 Å². The fourth-order valence-corrected chi connectivity index (χ4v) is 1.60. The molecule has 0 amide bonds. The molecule has 0 heterocycles. The standard InChI is InChI=1S/C10H13IO2/c1-7(6-11)8-3-4-9(12)10(5-8)13-2/h3-5,7,12H,6H2,1-2H3. The summed E-state index contributed by atoms with van der Waals surface area (Å²) in [5.41, 5.74) is 1.20. The van der Waals surface area contributed by atoms with Crippen LogP contribution in [0.25, 0.3) is 0 Å². The molecule has 0 aromatic heterocycles. The highest BCUT2D eigenvalue weighted by atomic mass is 127. The van der Waals surface area contributed by atoms with Gasteiger partial charge in [-0.3, -0.25) is 0 Å². The minimum absolute atomic E-state index is 0.201. The molecule has 13 heavy (non-hydrogen) atoms. The van der Waals surface area contributed by atoms with Crippen molar-refractivity contribution in [3.8, 4) is 11.5 Å². The van der Waals surface area contributed by atoms with Crippen molar-refractivity contribution < 1.29 is 9.84 Å². The second-order valence-electron chi connectivity index (χ2n) is 2.99. The number of halogens is 1. The van der Waals surface area contributed by atoms with Crippen molar-refractivity contribution in [3.05, 3.63) is 23.8 Å². The zero-order valence-electron chi connectivity index (χ0n) is 7.75. The third-order valence-corrected chi connectivity index (χ3v) is 3.33. The topological polar surface area (TPSA) is 29.5 Å². The maximum atomic E-state index is 9.36. The number of phenolic OH excluding ortho intramolecular Hbond substituents is 1. The summed E-state index contributed by atoms with van der Waals surface area (Å²) < 4.78 is 6.09. The van der Waals surface area contributed by atoms with E-state index >= 15 is 0 Å². The zero-order chi connectivity index (χ0) is 9.84. The average molecular weight is 292 g/mol. The van der Waals surface area contributed by atoms with E-state index in [0.717, 1.165) is 4.43 Å². The first-order valence-electron chi connectivity index (χ1n) is 4.12. The molecule has 1 unspecified atom stereocenters. The second kappa shape index (κ2) is 4.69. The summed E-state index contributed by atoms with van der Waals surface area (Å²) in [6.45, 7) is 2.15. The molecule has 1 rings (SSSR count). The quantitative estimate of drug-likeness (QED) is 0.685. The monoisotopic (exact) mass is 292 g/mol. The Labute approximate surface area is 92.1 Å². The zero-order valence-corrected chi connectivity index (χ0v) is 9.91. The Kier molecular flexibility index (Phi) is 3.84. The summed E-state index contributed by atoms with van der Waals surface area (Å²) >= 11 is 2.35. The van der Waals surface area contributed by atoms with E-state index in [4.69, 9.17) is 4.74 Å². The molecule has 0 aliphatic heterocycles. The van der Waals surface area contributed by atoms with Crippen molar-refractivity contribution >= 4 is 22.6 Å². The Balaban J connectivity index is 2.99. The van der Waals surface area contributed by atoms with Gasteiger partial charge < -0.3 is 9.84 Å². The number of rotatable bonds is 3.